The van der Waals surface area contributed by atoms with E-state index in [4.69, 9.17) is 11.6 Å². The number of amides is 1. The van der Waals surface area contributed by atoms with Crippen molar-refractivity contribution in [2.24, 2.45) is 4.99 Å². The van der Waals surface area contributed by atoms with Gasteiger partial charge in [0.05, 0.1) is 15.2 Å². The third-order valence-electron chi connectivity index (χ3n) is 4.02. The van der Waals surface area contributed by atoms with Crippen LogP contribution in [0.15, 0.2) is 47.5 Å². The van der Waals surface area contributed by atoms with Crippen LogP contribution >= 0.6 is 34.3 Å². The number of benzene rings is 2. The fourth-order valence-electron chi connectivity index (χ4n) is 2.86. The highest BCUT2D eigenvalue weighted by Crippen LogP contribution is 2.35. The third kappa shape index (κ3) is 2.98. The van der Waals surface area contributed by atoms with Crippen LogP contribution in [-0.2, 0) is 6.54 Å². The van der Waals surface area contributed by atoms with Crippen LogP contribution in [0.1, 0.15) is 23.0 Å². The Hall–Kier alpha value is -2.02. The number of hydrogen-bond acceptors (Lipinski definition) is 3. The molecule has 0 aliphatic heterocycles. The van der Waals surface area contributed by atoms with Gasteiger partial charge in [0.1, 0.15) is 10.7 Å². The number of aromatic nitrogens is 1. The summed E-state index contributed by atoms with van der Waals surface area (Å²) >= 11 is 9.05. The second-order valence-electron chi connectivity index (χ2n) is 5.81. The Morgan fingerprint density at radius 1 is 1.19 bits per heavy atom. The van der Waals surface area contributed by atoms with E-state index in [9.17, 15) is 9.18 Å². The van der Waals surface area contributed by atoms with E-state index in [0.717, 1.165) is 26.7 Å². The number of carbonyl (C=O) groups excluding carboxylic acids is 1. The summed E-state index contributed by atoms with van der Waals surface area (Å²) < 4.78 is 17.2. The molecule has 0 aliphatic rings. The van der Waals surface area contributed by atoms with Gasteiger partial charge in [-0.15, -0.1) is 11.3 Å². The normalized spacial score (nSPS) is 12.3. The standard InChI is InChI=1S/C19H14ClFN2OS2/c1-2-9-23-13-8-7-11(21)10-15(13)26-19(23)22-18(24)17-16(20)12-5-3-4-6-14(12)25-17/h3-8,10H,2,9H2,1H3. The fourth-order valence-corrected chi connectivity index (χ4v) is 5.34. The predicted molar refractivity (Wildman–Crippen MR) is 107 cm³/mol. The summed E-state index contributed by atoms with van der Waals surface area (Å²) in [6, 6.07) is 12.3. The first-order valence-electron chi connectivity index (χ1n) is 8.13. The highest BCUT2D eigenvalue weighted by atomic mass is 35.5. The van der Waals surface area contributed by atoms with Gasteiger partial charge >= 0.3 is 0 Å². The van der Waals surface area contributed by atoms with Gasteiger partial charge in [0.15, 0.2) is 4.80 Å². The molecule has 2 heterocycles. The van der Waals surface area contributed by atoms with Gasteiger partial charge < -0.3 is 4.57 Å². The topological polar surface area (TPSA) is 34.4 Å². The molecule has 0 saturated carbocycles. The predicted octanol–water partition coefficient (Wildman–Crippen LogP) is 5.86. The molecule has 0 N–H and O–H groups in total. The maximum atomic E-state index is 13.5. The van der Waals surface area contributed by atoms with Gasteiger partial charge in [0, 0.05) is 16.6 Å². The molecule has 0 atom stereocenters. The number of halogens is 2. The van der Waals surface area contributed by atoms with Gasteiger partial charge in [0.25, 0.3) is 5.91 Å². The SMILES string of the molecule is CCCn1c(=NC(=O)c2sc3ccccc3c2Cl)sc2cc(F)ccc21. The molecular weight excluding hydrogens is 391 g/mol. The Morgan fingerprint density at radius 2 is 2.00 bits per heavy atom. The maximum absolute atomic E-state index is 13.5. The third-order valence-corrected chi connectivity index (χ3v) is 6.72. The van der Waals surface area contributed by atoms with E-state index in [1.54, 1.807) is 6.07 Å². The molecule has 2 aromatic heterocycles. The van der Waals surface area contributed by atoms with Crippen molar-refractivity contribution >= 4 is 60.5 Å². The Labute approximate surface area is 162 Å². The van der Waals surface area contributed by atoms with E-state index in [-0.39, 0.29) is 11.7 Å². The summed E-state index contributed by atoms with van der Waals surface area (Å²) in [5.74, 6) is -0.666. The van der Waals surface area contributed by atoms with Gasteiger partial charge in [0.2, 0.25) is 0 Å². The molecule has 7 heteroatoms. The summed E-state index contributed by atoms with van der Waals surface area (Å²) in [6.45, 7) is 2.76. The maximum Gasteiger partial charge on any atom is 0.291 e. The highest BCUT2D eigenvalue weighted by Gasteiger charge is 2.17. The van der Waals surface area contributed by atoms with Crippen LogP contribution in [0.3, 0.4) is 0 Å². The summed E-state index contributed by atoms with van der Waals surface area (Å²) in [7, 11) is 0. The lowest BCUT2D eigenvalue weighted by Crippen LogP contribution is -2.16. The van der Waals surface area contributed by atoms with E-state index in [2.05, 4.69) is 11.9 Å². The second-order valence-corrected chi connectivity index (χ2v) is 8.25. The quantitative estimate of drug-likeness (QED) is 0.421. The monoisotopic (exact) mass is 404 g/mol. The molecule has 0 unspecified atom stereocenters. The molecule has 0 spiro atoms. The Kier molecular flexibility index (Phi) is 4.65. The molecule has 4 rings (SSSR count). The van der Waals surface area contributed by atoms with Crippen molar-refractivity contribution in [3.05, 3.63) is 63.0 Å². The molecular formula is C19H14ClFN2OS2. The number of carbonyl (C=O) groups is 1. The zero-order valence-corrected chi connectivity index (χ0v) is 16.2. The summed E-state index contributed by atoms with van der Waals surface area (Å²) in [5, 5.41) is 1.30. The number of thiazole rings is 1. The molecule has 1 amide bonds. The molecule has 0 bridgehead atoms. The average Bonchev–Trinajstić information content (AvgIpc) is 3.13. The van der Waals surface area contributed by atoms with Crippen molar-refractivity contribution in [3.63, 3.8) is 0 Å². The number of aryl methyl sites for hydroxylation is 1. The van der Waals surface area contributed by atoms with Crippen LogP contribution in [0.2, 0.25) is 5.02 Å². The summed E-state index contributed by atoms with van der Waals surface area (Å²) in [4.78, 5) is 18.1. The van der Waals surface area contributed by atoms with Crippen molar-refractivity contribution in [1.82, 2.24) is 4.57 Å². The van der Waals surface area contributed by atoms with E-state index < -0.39 is 0 Å². The van der Waals surface area contributed by atoms with Crippen LogP contribution in [0.4, 0.5) is 4.39 Å². The first kappa shape index (κ1) is 17.4. The molecule has 2 aromatic carbocycles. The fraction of sp³-hybridized carbons (Fsp3) is 0.158. The Balaban J connectivity index is 1.87. The van der Waals surface area contributed by atoms with Crippen molar-refractivity contribution in [2.75, 3.05) is 0 Å². The lowest BCUT2D eigenvalue weighted by atomic mass is 10.2. The molecule has 0 saturated heterocycles. The number of rotatable bonds is 3. The number of fused-ring (bicyclic) bond motifs is 2. The van der Waals surface area contributed by atoms with E-state index in [1.165, 1.54) is 34.8 Å². The lowest BCUT2D eigenvalue weighted by Gasteiger charge is -2.02. The summed E-state index contributed by atoms with van der Waals surface area (Å²) in [5.41, 5.74) is 0.882. The molecule has 0 radical (unpaired) electrons. The van der Waals surface area contributed by atoms with Crippen LogP contribution in [-0.4, -0.2) is 10.5 Å². The number of thiophene rings is 1. The number of nitrogens with zero attached hydrogens (tertiary/aromatic N) is 2. The van der Waals surface area contributed by atoms with Crippen LogP contribution in [0.25, 0.3) is 20.3 Å². The average molecular weight is 405 g/mol. The van der Waals surface area contributed by atoms with Crippen LogP contribution in [0, 0.1) is 5.82 Å². The van der Waals surface area contributed by atoms with Gasteiger partial charge in [-0.05, 0) is 30.7 Å². The van der Waals surface area contributed by atoms with E-state index in [0.29, 0.717) is 21.2 Å². The largest absolute Gasteiger partial charge is 0.316 e. The summed E-state index contributed by atoms with van der Waals surface area (Å²) in [6.07, 6.45) is 0.883. The molecule has 132 valence electrons. The molecule has 26 heavy (non-hydrogen) atoms. The van der Waals surface area contributed by atoms with Gasteiger partial charge in [-0.3, -0.25) is 4.79 Å². The van der Waals surface area contributed by atoms with E-state index in [1.807, 2.05) is 28.8 Å². The van der Waals surface area contributed by atoms with E-state index >= 15 is 0 Å². The zero-order chi connectivity index (χ0) is 18.3. The minimum atomic E-state index is -0.368. The van der Waals surface area contributed by atoms with Crippen molar-refractivity contribution < 1.29 is 9.18 Å². The molecule has 0 fully saturated rings. The molecule has 0 aliphatic carbocycles. The highest BCUT2D eigenvalue weighted by molar-refractivity contribution is 7.21. The Bertz CT molecular complexity index is 1210. The second kappa shape index (κ2) is 6.95. The lowest BCUT2D eigenvalue weighted by molar-refractivity contribution is 0.100. The molecule has 4 aromatic rings. The Morgan fingerprint density at radius 3 is 2.77 bits per heavy atom. The van der Waals surface area contributed by atoms with Crippen molar-refractivity contribution in [2.45, 2.75) is 19.9 Å². The minimum Gasteiger partial charge on any atom is -0.316 e. The minimum absolute atomic E-state index is 0.298. The van der Waals surface area contributed by atoms with Crippen LogP contribution < -0.4 is 4.80 Å². The first-order chi connectivity index (χ1) is 12.6. The van der Waals surface area contributed by atoms with Crippen molar-refractivity contribution in [3.8, 4) is 0 Å². The first-order valence-corrected chi connectivity index (χ1v) is 10.1. The zero-order valence-electron chi connectivity index (χ0n) is 13.8. The van der Waals surface area contributed by atoms with Crippen LogP contribution in [0.5, 0.6) is 0 Å². The molecule has 3 nitrogen and oxygen atoms in total. The van der Waals surface area contributed by atoms with Crippen molar-refractivity contribution in [1.29, 1.82) is 0 Å². The van der Waals surface area contributed by atoms with Gasteiger partial charge in [-0.25, -0.2) is 4.39 Å². The van der Waals surface area contributed by atoms with Gasteiger partial charge in [-0.2, -0.15) is 4.99 Å². The smallest absolute Gasteiger partial charge is 0.291 e. The van der Waals surface area contributed by atoms with Gasteiger partial charge in [-0.1, -0.05) is 48.1 Å². The number of hydrogen-bond donors (Lipinski definition) is 0.